The number of benzene rings is 1. The lowest BCUT2D eigenvalue weighted by atomic mass is 10.1. The maximum absolute atomic E-state index is 13.0. The summed E-state index contributed by atoms with van der Waals surface area (Å²) in [4.78, 5) is 1.14. The van der Waals surface area contributed by atoms with Crippen LogP contribution in [-0.2, 0) is 6.54 Å². The van der Waals surface area contributed by atoms with Gasteiger partial charge >= 0.3 is 0 Å². The zero-order chi connectivity index (χ0) is 13.1. The van der Waals surface area contributed by atoms with Crippen molar-refractivity contribution in [2.45, 2.75) is 26.4 Å². The average Bonchev–Trinajstić information content (AvgIpc) is 2.75. The minimum atomic E-state index is -0.333. The van der Waals surface area contributed by atoms with Crippen molar-refractivity contribution in [1.82, 2.24) is 9.69 Å². The first-order chi connectivity index (χ1) is 8.56. The van der Waals surface area contributed by atoms with E-state index in [1.165, 1.54) is 23.7 Å². The Kier molecular flexibility index (Phi) is 4.32. The summed E-state index contributed by atoms with van der Waals surface area (Å²) in [7, 11) is 0. The number of halogens is 2. The second-order valence-electron chi connectivity index (χ2n) is 4.34. The van der Waals surface area contributed by atoms with Gasteiger partial charge in [0.1, 0.15) is 5.82 Å². The van der Waals surface area contributed by atoms with Gasteiger partial charge in [0.05, 0.1) is 10.7 Å². The molecule has 0 aliphatic carbocycles. The average molecular weight is 285 g/mol. The number of hydrogen-bond acceptors (Lipinski definition) is 3. The maximum Gasteiger partial charge on any atom is 0.124 e. The molecule has 5 heteroatoms. The van der Waals surface area contributed by atoms with E-state index in [2.05, 4.69) is 23.5 Å². The predicted molar refractivity (Wildman–Crippen MR) is 74.5 cm³/mol. The van der Waals surface area contributed by atoms with Crippen molar-refractivity contribution in [3.63, 3.8) is 0 Å². The molecule has 0 amide bonds. The molecule has 0 saturated carbocycles. The summed E-state index contributed by atoms with van der Waals surface area (Å²) in [5, 5.41) is 3.72. The van der Waals surface area contributed by atoms with E-state index in [1.54, 1.807) is 6.07 Å². The molecular formula is C13H14ClFN2S. The molecule has 96 valence electrons. The third-order valence-corrected chi connectivity index (χ3v) is 3.55. The molecule has 0 fully saturated rings. The van der Waals surface area contributed by atoms with Crippen LogP contribution in [0.2, 0.25) is 5.02 Å². The standard InChI is InChI=1S/C13H14ClFN2S/c1-8(2)16-7-10-6-13(17-18-10)11-4-3-9(15)5-12(11)14/h3-6,8,16H,7H2,1-2H3. The van der Waals surface area contributed by atoms with Gasteiger partial charge in [-0.2, -0.15) is 4.37 Å². The highest BCUT2D eigenvalue weighted by atomic mass is 35.5. The first kappa shape index (κ1) is 13.5. The monoisotopic (exact) mass is 284 g/mol. The van der Waals surface area contributed by atoms with E-state index in [4.69, 9.17) is 11.6 Å². The number of rotatable bonds is 4. The molecule has 0 atom stereocenters. The van der Waals surface area contributed by atoms with Crippen LogP contribution in [0, 0.1) is 5.82 Å². The van der Waals surface area contributed by atoms with E-state index >= 15 is 0 Å². The van der Waals surface area contributed by atoms with Gasteiger partial charge in [-0.05, 0) is 35.8 Å². The topological polar surface area (TPSA) is 24.9 Å². The Morgan fingerprint density at radius 2 is 2.17 bits per heavy atom. The lowest BCUT2D eigenvalue weighted by Gasteiger charge is -2.04. The van der Waals surface area contributed by atoms with Crippen LogP contribution in [-0.4, -0.2) is 10.4 Å². The number of nitrogens with one attached hydrogen (secondary N) is 1. The molecule has 1 N–H and O–H groups in total. The molecule has 0 spiro atoms. The van der Waals surface area contributed by atoms with Gasteiger partial charge in [-0.15, -0.1) is 0 Å². The molecule has 0 unspecified atom stereocenters. The Bertz CT molecular complexity index is 540. The maximum atomic E-state index is 13.0. The molecule has 0 radical (unpaired) electrons. The zero-order valence-electron chi connectivity index (χ0n) is 10.2. The number of hydrogen-bond donors (Lipinski definition) is 1. The van der Waals surface area contributed by atoms with Crippen LogP contribution in [0.15, 0.2) is 24.3 Å². The van der Waals surface area contributed by atoms with Gasteiger partial charge in [0.2, 0.25) is 0 Å². The third-order valence-electron chi connectivity index (χ3n) is 2.45. The van der Waals surface area contributed by atoms with Crippen LogP contribution in [0.4, 0.5) is 4.39 Å². The fourth-order valence-corrected chi connectivity index (χ4v) is 2.47. The molecule has 2 aromatic rings. The normalized spacial score (nSPS) is 11.2. The minimum Gasteiger partial charge on any atom is -0.310 e. The highest BCUT2D eigenvalue weighted by Gasteiger charge is 2.09. The summed E-state index contributed by atoms with van der Waals surface area (Å²) in [6, 6.07) is 6.78. The molecule has 0 aliphatic rings. The zero-order valence-corrected chi connectivity index (χ0v) is 11.8. The Morgan fingerprint density at radius 3 is 2.83 bits per heavy atom. The van der Waals surface area contributed by atoms with E-state index in [0.717, 1.165) is 22.7 Å². The second-order valence-corrected chi connectivity index (χ2v) is 5.63. The van der Waals surface area contributed by atoms with Crippen molar-refractivity contribution in [3.8, 4) is 11.3 Å². The van der Waals surface area contributed by atoms with Crippen molar-refractivity contribution in [1.29, 1.82) is 0 Å². The fraction of sp³-hybridized carbons (Fsp3) is 0.308. The van der Waals surface area contributed by atoms with E-state index in [0.29, 0.717) is 11.1 Å². The molecule has 18 heavy (non-hydrogen) atoms. The first-order valence-electron chi connectivity index (χ1n) is 5.70. The van der Waals surface area contributed by atoms with Crippen LogP contribution in [0.5, 0.6) is 0 Å². The Morgan fingerprint density at radius 1 is 1.39 bits per heavy atom. The fourth-order valence-electron chi connectivity index (χ4n) is 1.53. The van der Waals surface area contributed by atoms with Gasteiger partial charge in [0.25, 0.3) is 0 Å². The van der Waals surface area contributed by atoms with Gasteiger partial charge in [0, 0.05) is 23.0 Å². The Hall–Kier alpha value is -0.970. The quantitative estimate of drug-likeness (QED) is 0.914. The molecule has 1 heterocycles. The van der Waals surface area contributed by atoms with Crippen molar-refractivity contribution < 1.29 is 4.39 Å². The van der Waals surface area contributed by atoms with Gasteiger partial charge in [-0.3, -0.25) is 0 Å². The van der Waals surface area contributed by atoms with Crippen molar-refractivity contribution in [3.05, 3.63) is 40.0 Å². The summed E-state index contributed by atoms with van der Waals surface area (Å²) >= 11 is 7.44. The van der Waals surface area contributed by atoms with Crippen LogP contribution >= 0.6 is 23.1 Å². The van der Waals surface area contributed by atoms with E-state index in [9.17, 15) is 4.39 Å². The SMILES string of the molecule is CC(C)NCc1cc(-c2ccc(F)cc2Cl)ns1. The first-order valence-corrected chi connectivity index (χ1v) is 6.86. The summed E-state index contributed by atoms with van der Waals surface area (Å²) in [6.45, 7) is 4.98. The summed E-state index contributed by atoms with van der Waals surface area (Å²) in [5.74, 6) is -0.333. The van der Waals surface area contributed by atoms with Crippen molar-refractivity contribution >= 4 is 23.1 Å². The Labute approximate surface area is 115 Å². The van der Waals surface area contributed by atoms with E-state index in [-0.39, 0.29) is 5.82 Å². The summed E-state index contributed by atoms with van der Waals surface area (Å²) in [6.07, 6.45) is 0. The number of nitrogens with zero attached hydrogens (tertiary/aromatic N) is 1. The lowest BCUT2D eigenvalue weighted by Crippen LogP contribution is -2.21. The van der Waals surface area contributed by atoms with Crippen molar-refractivity contribution in [2.75, 3.05) is 0 Å². The largest absolute Gasteiger partial charge is 0.310 e. The van der Waals surface area contributed by atoms with Gasteiger partial charge < -0.3 is 5.32 Å². The smallest absolute Gasteiger partial charge is 0.124 e. The number of aromatic nitrogens is 1. The van der Waals surface area contributed by atoms with Crippen LogP contribution in [0.1, 0.15) is 18.7 Å². The van der Waals surface area contributed by atoms with Crippen LogP contribution < -0.4 is 5.32 Å². The van der Waals surface area contributed by atoms with E-state index < -0.39 is 0 Å². The van der Waals surface area contributed by atoms with Gasteiger partial charge in [0.15, 0.2) is 0 Å². The molecule has 0 bridgehead atoms. The van der Waals surface area contributed by atoms with E-state index in [1.807, 2.05) is 6.07 Å². The third kappa shape index (κ3) is 3.28. The molecule has 2 nitrogen and oxygen atoms in total. The molecule has 1 aromatic heterocycles. The Balaban J connectivity index is 2.18. The van der Waals surface area contributed by atoms with Crippen molar-refractivity contribution in [2.24, 2.45) is 0 Å². The van der Waals surface area contributed by atoms with Crippen LogP contribution in [0.3, 0.4) is 0 Å². The molecule has 0 saturated heterocycles. The highest BCUT2D eigenvalue weighted by Crippen LogP contribution is 2.29. The summed E-state index contributed by atoms with van der Waals surface area (Å²) < 4.78 is 17.3. The van der Waals surface area contributed by atoms with Crippen LogP contribution in [0.25, 0.3) is 11.3 Å². The second kappa shape index (κ2) is 5.78. The molecule has 0 aliphatic heterocycles. The molecule has 2 rings (SSSR count). The lowest BCUT2D eigenvalue weighted by molar-refractivity contribution is 0.593. The minimum absolute atomic E-state index is 0.333. The van der Waals surface area contributed by atoms with Gasteiger partial charge in [-0.1, -0.05) is 25.4 Å². The predicted octanol–water partition coefficient (Wildman–Crippen LogP) is 4.10. The molecular weight excluding hydrogens is 271 g/mol. The summed E-state index contributed by atoms with van der Waals surface area (Å²) in [5.41, 5.74) is 1.57. The molecule has 1 aromatic carbocycles. The highest BCUT2D eigenvalue weighted by molar-refractivity contribution is 7.06. The van der Waals surface area contributed by atoms with Gasteiger partial charge in [-0.25, -0.2) is 4.39 Å².